The molecule has 0 amide bonds. The number of pyridine rings is 1. The third-order valence-electron chi connectivity index (χ3n) is 2.95. The lowest BCUT2D eigenvalue weighted by molar-refractivity contribution is 0.580. The molecule has 3 heterocycles. The first kappa shape index (κ1) is 14.4. The Kier molecular flexibility index (Phi) is 3.69. The normalized spacial score (nSPS) is 11.7. The van der Waals surface area contributed by atoms with Crippen molar-refractivity contribution in [1.82, 2.24) is 34.3 Å². The fraction of sp³-hybridized carbons (Fsp3) is 0.167. The van der Waals surface area contributed by atoms with Crippen LogP contribution in [0.3, 0.4) is 0 Å². The summed E-state index contributed by atoms with van der Waals surface area (Å²) in [4.78, 5) is 8.18. The summed E-state index contributed by atoms with van der Waals surface area (Å²) in [6, 6.07) is 3.50. The summed E-state index contributed by atoms with van der Waals surface area (Å²) in [5.41, 5.74) is 0.681. The second kappa shape index (κ2) is 5.66. The van der Waals surface area contributed by atoms with Crippen LogP contribution in [0, 0.1) is 0 Å². The van der Waals surface area contributed by atoms with Gasteiger partial charge >= 0.3 is 0 Å². The summed E-state index contributed by atoms with van der Waals surface area (Å²) in [6.45, 7) is 0.0836. The molecule has 0 spiro atoms. The van der Waals surface area contributed by atoms with Gasteiger partial charge < -0.3 is 0 Å². The Morgan fingerprint density at radius 1 is 1.32 bits per heavy atom. The van der Waals surface area contributed by atoms with Gasteiger partial charge in [-0.05, 0) is 6.07 Å². The Bertz CT molecular complexity index is 871. The topological polar surface area (TPSA) is 108 Å². The van der Waals surface area contributed by atoms with E-state index < -0.39 is 10.0 Å². The minimum atomic E-state index is -3.63. The van der Waals surface area contributed by atoms with Gasteiger partial charge in [0.1, 0.15) is 17.6 Å². The molecule has 10 heteroatoms. The van der Waals surface area contributed by atoms with Crippen LogP contribution in [0.4, 0.5) is 0 Å². The lowest BCUT2D eigenvalue weighted by Crippen LogP contribution is -2.24. The van der Waals surface area contributed by atoms with E-state index in [9.17, 15) is 8.42 Å². The molecule has 0 bridgehead atoms. The van der Waals surface area contributed by atoms with E-state index in [2.05, 4.69) is 24.9 Å². The molecule has 114 valence electrons. The average molecular weight is 319 g/mol. The second-order valence-corrected chi connectivity index (χ2v) is 6.27. The number of nitrogens with zero attached hydrogens (tertiary/aromatic N) is 6. The maximum Gasteiger partial charge on any atom is 0.243 e. The van der Waals surface area contributed by atoms with Crippen molar-refractivity contribution in [2.75, 3.05) is 0 Å². The van der Waals surface area contributed by atoms with E-state index in [0.717, 1.165) is 0 Å². The lowest BCUT2D eigenvalue weighted by Gasteiger charge is -2.09. The largest absolute Gasteiger partial charge is 0.274 e. The summed E-state index contributed by atoms with van der Waals surface area (Å²) in [6.07, 6.45) is 7.23. The van der Waals surface area contributed by atoms with Gasteiger partial charge in [-0.1, -0.05) is 6.07 Å². The third-order valence-corrected chi connectivity index (χ3v) is 4.30. The number of hydrogen-bond donors (Lipinski definition) is 1. The molecule has 0 atom stereocenters. The molecule has 0 aromatic carbocycles. The van der Waals surface area contributed by atoms with Gasteiger partial charge in [-0.2, -0.15) is 10.2 Å². The first-order valence-corrected chi connectivity index (χ1v) is 7.82. The zero-order chi connectivity index (χ0) is 15.6. The predicted molar refractivity (Wildman–Crippen MR) is 76.4 cm³/mol. The standard InChI is InChI=1S/C12H13N7O2S/c1-18-7-11(6-15-18)22(20,21)17-5-10-3-2-4-14-12(10)19-9-13-8-16-19/h2-4,6-9,17H,5H2,1H3. The minimum absolute atomic E-state index is 0.0836. The fourth-order valence-electron chi connectivity index (χ4n) is 1.89. The molecule has 0 unspecified atom stereocenters. The Hall–Kier alpha value is -2.59. The first-order valence-electron chi connectivity index (χ1n) is 6.33. The van der Waals surface area contributed by atoms with Crippen molar-refractivity contribution in [3.63, 3.8) is 0 Å². The molecule has 0 fully saturated rings. The minimum Gasteiger partial charge on any atom is -0.274 e. The molecular formula is C12H13N7O2S. The molecule has 3 aromatic rings. The van der Waals surface area contributed by atoms with E-state index in [4.69, 9.17) is 0 Å². The maximum atomic E-state index is 12.2. The van der Waals surface area contributed by atoms with Crippen LogP contribution in [-0.4, -0.2) is 37.9 Å². The van der Waals surface area contributed by atoms with Crippen LogP contribution in [0.25, 0.3) is 5.82 Å². The maximum absolute atomic E-state index is 12.2. The first-order chi connectivity index (χ1) is 10.6. The zero-order valence-corrected chi connectivity index (χ0v) is 12.5. The van der Waals surface area contributed by atoms with Crippen LogP contribution in [0.2, 0.25) is 0 Å². The van der Waals surface area contributed by atoms with E-state index in [-0.39, 0.29) is 11.4 Å². The van der Waals surface area contributed by atoms with Gasteiger partial charge in [0.15, 0.2) is 5.82 Å². The molecule has 0 radical (unpaired) electrons. The van der Waals surface area contributed by atoms with E-state index in [1.807, 2.05) is 0 Å². The summed E-state index contributed by atoms with van der Waals surface area (Å²) in [7, 11) is -1.97. The van der Waals surface area contributed by atoms with Crippen molar-refractivity contribution < 1.29 is 8.42 Å². The van der Waals surface area contributed by atoms with Crippen LogP contribution in [0.1, 0.15) is 5.56 Å². The van der Waals surface area contributed by atoms with Crippen molar-refractivity contribution in [3.05, 3.63) is 48.9 Å². The molecule has 1 N–H and O–H groups in total. The highest BCUT2D eigenvalue weighted by Crippen LogP contribution is 2.12. The third kappa shape index (κ3) is 2.87. The van der Waals surface area contributed by atoms with Gasteiger partial charge in [0.05, 0.1) is 6.20 Å². The van der Waals surface area contributed by atoms with E-state index >= 15 is 0 Å². The monoisotopic (exact) mass is 319 g/mol. The van der Waals surface area contributed by atoms with Crippen LogP contribution in [-0.2, 0) is 23.6 Å². The van der Waals surface area contributed by atoms with Crippen LogP contribution >= 0.6 is 0 Å². The fourth-order valence-corrected chi connectivity index (χ4v) is 2.88. The molecule has 3 rings (SSSR count). The van der Waals surface area contributed by atoms with Crippen LogP contribution in [0.5, 0.6) is 0 Å². The molecule has 0 aliphatic rings. The number of aromatic nitrogens is 6. The summed E-state index contributed by atoms with van der Waals surface area (Å²) in [5, 5.41) is 7.86. The van der Waals surface area contributed by atoms with Crippen LogP contribution < -0.4 is 4.72 Å². The second-order valence-electron chi connectivity index (χ2n) is 4.50. The Labute approximate surface area is 126 Å². The average Bonchev–Trinajstić information content (AvgIpc) is 3.17. The van der Waals surface area contributed by atoms with Gasteiger partial charge in [0.25, 0.3) is 0 Å². The molecule has 0 saturated heterocycles. The Balaban J connectivity index is 1.83. The molecule has 3 aromatic heterocycles. The summed E-state index contributed by atoms with van der Waals surface area (Å²) >= 11 is 0. The summed E-state index contributed by atoms with van der Waals surface area (Å²) < 4.78 is 29.8. The quantitative estimate of drug-likeness (QED) is 0.702. The van der Waals surface area contributed by atoms with Crippen molar-refractivity contribution in [1.29, 1.82) is 0 Å². The molecular weight excluding hydrogens is 306 g/mol. The van der Waals surface area contributed by atoms with Crippen molar-refractivity contribution >= 4 is 10.0 Å². The van der Waals surface area contributed by atoms with Gasteiger partial charge in [-0.15, -0.1) is 0 Å². The molecule has 0 saturated carbocycles. The van der Waals surface area contributed by atoms with Gasteiger partial charge in [-0.25, -0.2) is 27.8 Å². The lowest BCUT2D eigenvalue weighted by atomic mass is 10.2. The predicted octanol–water partition coefficient (Wildman–Crippen LogP) is -0.126. The highest BCUT2D eigenvalue weighted by Gasteiger charge is 2.17. The highest BCUT2D eigenvalue weighted by atomic mass is 32.2. The SMILES string of the molecule is Cn1cc(S(=O)(=O)NCc2cccnc2-n2cncn2)cn1. The molecule has 0 aliphatic carbocycles. The number of rotatable bonds is 5. The smallest absolute Gasteiger partial charge is 0.243 e. The molecule has 22 heavy (non-hydrogen) atoms. The van der Waals surface area contributed by atoms with Gasteiger partial charge in [0.2, 0.25) is 10.0 Å². The molecule has 0 aliphatic heterocycles. The van der Waals surface area contributed by atoms with E-state index in [1.165, 1.54) is 34.4 Å². The number of sulfonamides is 1. The van der Waals surface area contributed by atoms with E-state index in [1.54, 1.807) is 25.4 Å². The van der Waals surface area contributed by atoms with E-state index in [0.29, 0.717) is 11.4 Å². The molecule has 9 nitrogen and oxygen atoms in total. The Morgan fingerprint density at radius 3 is 2.86 bits per heavy atom. The zero-order valence-electron chi connectivity index (χ0n) is 11.7. The number of aryl methyl sites for hydroxylation is 1. The highest BCUT2D eigenvalue weighted by molar-refractivity contribution is 7.89. The van der Waals surface area contributed by atoms with Crippen molar-refractivity contribution in [3.8, 4) is 5.82 Å². The van der Waals surface area contributed by atoms with Crippen LogP contribution in [0.15, 0.2) is 48.3 Å². The van der Waals surface area contributed by atoms with Gasteiger partial charge in [0, 0.05) is 31.5 Å². The summed E-state index contributed by atoms with van der Waals surface area (Å²) in [5.74, 6) is 0.522. The Morgan fingerprint density at radius 2 is 2.18 bits per heavy atom. The van der Waals surface area contributed by atoms with Gasteiger partial charge in [-0.3, -0.25) is 4.68 Å². The van der Waals surface area contributed by atoms with Crippen molar-refractivity contribution in [2.45, 2.75) is 11.4 Å². The number of nitrogens with one attached hydrogen (secondary N) is 1. The number of hydrogen-bond acceptors (Lipinski definition) is 6. The van der Waals surface area contributed by atoms with Crippen molar-refractivity contribution in [2.24, 2.45) is 7.05 Å².